The Hall–Kier alpha value is -2.47. The van der Waals surface area contributed by atoms with E-state index in [2.05, 4.69) is 22.2 Å². The average Bonchev–Trinajstić information content (AvgIpc) is 2.62. The van der Waals surface area contributed by atoms with Crippen LogP contribution in [0.2, 0.25) is 0 Å². The predicted octanol–water partition coefficient (Wildman–Crippen LogP) is 3.08. The molecular weight excluding hydrogens is 316 g/mol. The van der Waals surface area contributed by atoms with Crippen molar-refractivity contribution in [2.75, 3.05) is 18.5 Å². The average molecular weight is 340 g/mol. The summed E-state index contributed by atoms with van der Waals surface area (Å²) in [5, 5.41) is 12.5. The van der Waals surface area contributed by atoms with E-state index in [1.807, 2.05) is 37.3 Å². The van der Waals surface area contributed by atoms with Crippen LogP contribution in [0.1, 0.15) is 25.5 Å². The van der Waals surface area contributed by atoms with Gasteiger partial charge in [-0.1, -0.05) is 6.92 Å². The van der Waals surface area contributed by atoms with E-state index in [4.69, 9.17) is 0 Å². The number of amides is 2. The van der Waals surface area contributed by atoms with Crippen LogP contribution >= 0.6 is 0 Å². The van der Waals surface area contributed by atoms with Crippen LogP contribution in [0.3, 0.4) is 0 Å². The minimum absolute atomic E-state index is 0.00176. The second-order valence-electron chi connectivity index (χ2n) is 6.59. The van der Waals surface area contributed by atoms with Crippen molar-refractivity contribution < 1.29 is 9.90 Å². The number of likely N-dealkylation sites (tertiary alicyclic amines) is 1. The molecule has 6 heteroatoms. The Labute approximate surface area is 147 Å². The number of piperidine rings is 1. The van der Waals surface area contributed by atoms with Gasteiger partial charge in [0.15, 0.2) is 5.82 Å². The number of nitrogens with zero attached hydrogens (tertiary/aromatic N) is 3. The van der Waals surface area contributed by atoms with Gasteiger partial charge in [-0.3, -0.25) is 0 Å². The van der Waals surface area contributed by atoms with Gasteiger partial charge in [-0.2, -0.15) is 0 Å². The molecule has 6 nitrogen and oxygen atoms in total. The third kappa shape index (κ3) is 3.96. The highest BCUT2D eigenvalue weighted by Gasteiger charge is 2.31. The van der Waals surface area contributed by atoms with E-state index in [0.717, 1.165) is 29.8 Å². The van der Waals surface area contributed by atoms with E-state index in [1.165, 1.54) is 0 Å². The highest BCUT2D eigenvalue weighted by atomic mass is 16.3. The van der Waals surface area contributed by atoms with E-state index in [0.29, 0.717) is 18.3 Å². The van der Waals surface area contributed by atoms with Gasteiger partial charge in [-0.15, -0.1) is 0 Å². The topological polar surface area (TPSA) is 78.4 Å². The SMILES string of the molecule is Cc1ccnc(-c2ccc(NC(=O)N3CCCC(C)C3CO)cc2)n1. The quantitative estimate of drug-likeness (QED) is 0.900. The number of carbonyl (C=O) groups excluding carboxylic acids is 1. The van der Waals surface area contributed by atoms with Gasteiger partial charge in [0.2, 0.25) is 0 Å². The van der Waals surface area contributed by atoms with Crippen LogP contribution in [0, 0.1) is 12.8 Å². The zero-order valence-electron chi connectivity index (χ0n) is 14.6. The molecule has 3 rings (SSSR count). The summed E-state index contributed by atoms with van der Waals surface area (Å²) in [6, 6.07) is 9.06. The highest BCUT2D eigenvalue weighted by molar-refractivity contribution is 5.89. The minimum Gasteiger partial charge on any atom is -0.394 e. The van der Waals surface area contributed by atoms with Gasteiger partial charge in [0.25, 0.3) is 0 Å². The summed E-state index contributed by atoms with van der Waals surface area (Å²) in [5.74, 6) is 0.980. The van der Waals surface area contributed by atoms with Crippen LogP contribution in [0.5, 0.6) is 0 Å². The van der Waals surface area contributed by atoms with E-state index in [1.54, 1.807) is 11.1 Å². The number of hydrogen-bond donors (Lipinski definition) is 2. The first-order valence-electron chi connectivity index (χ1n) is 8.67. The first-order chi connectivity index (χ1) is 12.1. The number of hydrogen-bond acceptors (Lipinski definition) is 4. The number of aliphatic hydroxyl groups excluding tert-OH is 1. The molecule has 2 atom stereocenters. The van der Waals surface area contributed by atoms with Crippen LogP contribution in [0.4, 0.5) is 10.5 Å². The summed E-state index contributed by atoms with van der Waals surface area (Å²) in [6.07, 6.45) is 3.74. The first-order valence-corrected chi connectivity index (χ1v) is 8.67. The van der Waals surface area contributed by atoms with Crippen molar-refractivity contribution in [3.8, 4) is 11.4 Å². The maximum Gasteiger partial charge on any atom is 0.322 e. The molecule has 1 fully saturated rings. The summed E-state index contributed by atoms with van der Waals surface area (Å²) < 4.78 is 0. The normalized spacial score (nSPS) is 20.4. The van der Waals surface area contributed by atoms with Gasteiger partial charge >= 0.3 is 6.03 Å². The summed E-state index contributed by atoms with van der Waals surface area (Å²) in [6.45, 7) is 4.68. The zero-order chi connectivity index (χ0) is 17.8. The summed E-state index contributed by atoms with van der Waals surface area (Å²) >= 11 is 0. The van der Waals surface area contributed by atoms with Crippen LogP contribution in [0.25, 0.3) is 11.4 Å². The fraction of sp³-hybridized carbons (Fsp3) is 0.421. The Morgan fingerprint density at radius 1 is 1.32 bits per heavy atom. The van der Waals surface area contributed by atoms with Crippen LogP contribution in [-0.4, -0.2) is 45.2 Å². The number of aromatic nitrogens is 2. The standard InChI is InChI=1S/C19H24N4O2/c1-13-4-3-11-23(17(13)12-24)19(25)22-16-7-5-15(6-8-16)18-20-10-9-14(2)21-18/h5-10,13,17,24H,3-4,11-12H2,1-2H3,(H,22,25). The van der Waals surface area contributed by atoms with Gasteiger partial charge < -0.3 is 15.3 Å². The van der Waals surface area contributed by atoms with Gasteiger partial charge in [-0.05, 0) is 56.0 Å². The summed E-state index contributed by atoms with van der Waals surface area (Å²) in [5.41, 5.74) is 2.54. The molecule has 2 amide bonds. The lowest BCUT2D eigenvalue weighted by Gasteiger charge is -2.38. The monoisotopic (exact) mass is 340 g/mol. The Morgan fingerprint density at radius 2 is 2.08 bits per heavy atom. The molecule has 2 heterocycles. The van der Waals surface area contributed by atoms with Crippen LogP contribution in [0.15, 0.2) is 36.5 Å². The molecule has 0 radical (unpaired) electrons. The van der Waals surface area contributed by atoms with E-state index >= 15 is 0 Å². The lowest BCUT2D eigenvalue weighted by atomic mass is 9.91. The van der Waals surface area contributed by atoms with Gasteiger partial charge in [-0.25, -0.2) is 14.8 Å². The van der Waals surface area contributed by atoms with Crippen LogP contribution in [-0.2, 0) is 0 Å². The lowest BCUT2D eigenvalue weighted by Crippen LogP contribution is -2.51. The van der Waals surface area contributed by atoms with E-state index < -0.39 is 0 Å². The number of urea groups is 1. The molecule has 0 bridgehead atoms. The van der Waals surface area contributed by atoms with E-state index in [-0.39, 0.29) is 18.7 Å². The molecule has 1 aliphatic rings. The van der Waals surface area contributed by atoms with Crippen molar-refractivity contribution >= 4 is 11.7 Å². The smallest absolute Gasteiger partial charge is 0.322 e. The van der Waals surface area contributed by atoms with Crippen molar-refractivity contribution in [3.63, 3.8) is 0 Å². The third-order valence-corrected chi connectivity index (χ3v) is 4.75. The number of anilines is 1. The molecule has 1 saturated heterocycles. The highest BCUT2D eigenvalue weighted by Crippen LogP contribution is 2.24. The number of benzene rings is 1. The molecular formula is C19H24N4O2. The molecule has 1 aliphatic heterocycles. The van der Waals surface area contributed by atoms with Gasteiger partial charge in [0.05, 0.1) is 12.6 Å². The maximum absolute atomic E-state index is 12.6. The largest absolute Gasteiger partial charge is 0.394 e. The molecule has 2 aromatic rings. The fourth-order valence-electron chi connectivity index (χ4n) is 3.27. The van der Waals surface area contributed by atoms with Crippen LogP contribution < -0.4 is 5.32 Å². The molecule has 2 N–H and O–H groups in total. The van der Waals surface area contributed by atoms with Crippen molar-refractivity contribution in [3.05, 3.63) is 42.2 Å². The van der Waals surface area contributed by atoms with Crippen molar-refractivity contribution in [1.82, 2.24) is 14.9 Å². The summed E-state index contributed by atoms with van der Waals surface area (Å²) in [4.78, 5) is 23.0. The molecule has 0 aliphatic carbocycles. The molecule has 1 aromatic carbocycles. The maximum atomic E-state index is 12.6. The number of nitrogens with one attached hydrogen (secondary N) is 1. The molecule has 132 valence electrons. The van der Waals surface area contributed by atoms with Crippen molar-refractivity contribution in [2.24, 2.45) is 5.92 Å². The molecule has 1 aromatic heterocycles. The zero-order valence-corrected chi connectivity index (χ0v) is 14.6. The molecule has 0 spiro atoms. The number of aryl methyl sites for hydroxylation is 1. The number of aliphatic hydroxyl groups is 1. The number of carbonyl (C=O) groups is 1. The Kier molecular flexibility index (Phi) is 5.28. The van der Waals surface area contributed by atoms with E-state index in [9.17, 15) is 9.90 Å². The summed E-state index contributed by atoms with van der Waals surface area (Å²) in [7, 11) is 0. The first kappa shape index (κ1) is 17.4. The van der Waals surface area contributed by atoms with Crippen molar-refractivity contribution in [1.29, 1.82) is 0 Å². The second-order valence-corrected chi connectivity index (χ2v) is 6.59. The van der Waals surface area contributed by atoms with Crippen molar-refractivity contribution in [2.45, 2.75) is 32.7 Å². The van der Waals surface area contributed by atoms with Gasteiger partial charge in [0, 0.05) is 29.7 Å². The van der Waals surface area contributed by atoms with Gasteiger partial charge in [0.1, 0.15) is 0 Å². The number of rotatable bonds is 3. The molecule has 25 heavy (non-hydrogen) atoms. The Bertz CT molecular complexity index is 732. The third-order valence-electron chi connectivity index (χ3n) is 4.75. The lowest BCUT2D eigenvalue weighted by molar-refractivity contribution is 0.0811. The predicted molar refractivity (Wildman–Crippen MR) is 97.2 cm³/mol. The minimum atomic E-state index is -0.162. The Balaban J connectivity index is 1.69. The fourth-order valence-corrected chi connectivity index (χ4v) is 3.27. The Morgan fingerprint density at radius 3 is 2.76 bits per heavy atom. The molecule has 0 saturated carbocycles. The second kappa shape index (κ2) is 7.61. The molecule has 2 unspecified atom stereocenters.